The molecule has 0 fully saturated rings. The number of ether oxygens (including phenoxy) is 1. The van der Waals surface area contributed by atoms with Gasteiger partial charge in [0, 0.05) is 30.7 Å². The van der Waals surface area contributed by atoms with Crippen LogP contribution in [0.3, 0.4) is 0 Å². The predicted molar refractivity (Wildman–Crippen MR) is 96.3 cm³/mol. The van der Waals surface area contributed by atoms with Crippen molar-refractivity contribution < 1.29 is 14.6 Å². The number of aromatic nitrogens is 2. The maximum absolute atomic E-state index is 11.4. The fourth-order valence-electron chi connectivity index (χ4n) is 2.59. The predicted octanol–water partition coefficient (Wildman–Crippen LogP) is 3.38. The zero-order chi connectivity index (χ0) is 17.6. The number of nitrogens with zero attached hydrogens (tertiary/aromatic N) is 2. The molecule has 0 atom stereocenters. The summed E-state index contributed by atoms with van der Waals surface area (Å²) in [5.74, 6) is 0.160. The van der Waals surface area contributed by atoms with Crippen molar-refractivity contribution in [1.82, 2.24) is 9.97 Å². The van der Waals surface area contributed by atoms with Crippen LogP contribution in [0.25, 0.3) is 10.9 Å². The van der Waals surface area contributed by atoms with E-state index in [1.54, 1.807) is 18.5 Å². The highest BCUT2D eigenvalue weighted by Crippen LogP contribution is 2.23. The molecule has 128 valence electrons. The molecule has 6 heteroatoms. The number of hydrogen-bond donors (Lipinski definition) is 2. The first-order valence-corrected chi connectivity index (χ1v) is 8.11. The Morgan fingerprint density at radius 1 is 1.24 bits per heavy atom. The molecule has 2 aromatic heterocycles. The molecule has 25 heavy (non-hydrogen) atoms. The Kier molecular flexibility index (Phi) is 5.09. The largest absolute Gasteiger partial charge is 0.492 e. The van der Waals surface area contributed by atoms with Crippen molar-refractivity contribution in [3.05, 3.63) is 59.9 Å². The summed E-state index contributed by atoms with van der Waals surface area (Å²) in [7, 11) is 0. The number of fused-ring (bicyclic) bond motifs is 1. The average molecular weight is 337 g/mol. The average Bonchev–Trinajstić information content (AvgIpc) is 2.63. The molecule has 0 aliphatic carbocycles. The Bertz CT molecular complexity index is 891. The third-order valence-electron chi connectivity index (χ3n) is 3.78. The van der Waals surface area contributed by atoms with Gasteiger partial charge in [0.1, 0.15) is 17.1 Å². The summed E-state index contributed by atoms with van der Waals surface area (Å²) in [5, 5.41) is 13.2. The summed E-state index contributed by atoms with van der Waals surface area (Å²) < 4.78 is 5.87. The Morgan fingerprint density at radius 2 is 2.08 bits per heavy atom. The fraction of sp³-hybridized carbons (Fsp3) is 0.211. The number of carboxylic acid groups (broad SMARTS) is 1. The van der Waals surface area contributed by atoms with Crippen molar-refractivity contribution >= 4 is 22.7 Å². The van der Waals surface area contributed by atoms with Crippen molar-refractivity contribution in [1.29, 1.82) is 0 Å². The maximum Gasteiger partial charge on any atom is 0.339 e. The van der Waals surface area contributed by atoms with Gasteiger partial charge in [-0.15, -0.1) is 0 Å². The lowest BCUT2D eigenvalue weighted by atomic mass is 10.1. The topological polar surface area (TPSA) is 84.3 Å². The Labute approximate surface area is 145 Å². The molecule has 0 amide bonds. The van der Waals surface area contributed by atoms with Gasteiger partial charge in [0.15, 0.2) is 0 Å². The van der Waals surface area contributed by atoms with Gasteiger partial charge in [-0.25, -0.2) is 9.78 Å². The van der Waals surface area contributed by atoms with Gasteiger partial charge in [0.2, 0.25) is 0 Å². The van der Waals surface area contributed by atoms with Crippen molar-refractivity contribution in [2.45, 2.75) is 13.3 Å². The molecule has 0 unspecified atom stereocenters. The molecule has 3 aromatic rings. The first-order chi connectivity index (χ1) is 12.2. The number of aromatic carboxylic acids is 1. The number of pyridine rings is 2. The molecule has 0 radical (unpaired) electrons. The number of carbonyl (C=O) groups is 1. The molecule has 0 saturated heterocycles. The van der Waals surface area contributed by atoms with Gasteiger partial charge in [-0.1, -0.05) is 12.1 Å². The van der Waals surface area contributed by atoms with Gasteiger partial charge in [-0.05, 0) is 36.8 Å². The highest BCUT2D eigenvalue weighted by atomic mass is 16.5. The SMILES string of the molecule is CCNc1ncc(CCOc2ccnc3ccccc23)cc1C(=O)O. The lowest BCUT2D eigenvalue weighted by Gasteiger charge is -2.11. The number of anilines is 1. The van der Waals surface area contributed by atoms with E-state index in [-0.39, 0.29) is 5.56 Å². The standard InChI is InChI=1S/C19H19N3O3/c1-2-20-18-15(19(23)24)11-13(12-22-18)8-10-25-17-7-9-21-16-6-4-3-5-14(16)17/h3-7,9,11-12H,2,8,10H2,1H3,(H,20,22)(H,23,24). The zero-order valence-electron chi connectivity index (χ0n) is 13.9. The summed E-state index contributed by atoms with van der Waals surface area (Å²) >= 11 is 0. The van der Waals surface area contributed by atoms with Crippen molar-refractivity contribution in [2.75, 3.05) is 18.5 Å². The summed E-state index contributed by atoms with van der Waals surface area (Å²) in [4.78, 5) is 19.9. The maximum atomic E-state index is 11.4. The Hall–Kier alpha value is -3.15. The van der Waals surface area contributed by atoms with E-state index in [1.807, 2.05) is 37.3 Å². The van der Waals surface area contributed by atoms with Crippen LogP contribution in [0.2, 0.25) is 0 Å². The number of hydrogen-bond acceptors (Lipinski definition) is 5. The molecule has 3 rings (SSSR count). The molecule has 0 aliphatic rings. The van der Waals surface area contributed by atoms with Gasteiger partial charge in [-0.3, -0.25) is 4.98 Å². The van der Waals surface area contributed by atoms with E-state index in [0.29, 0.717) is 25.4 Å². The summed E-state index contributed by atoms with van der Waals surface area (Å²) in [5.41, 5.74) is 1.87. The van der Waals surface area contributed by atoms with Crippen LogP contribution < -0.4 is 10.1 Å². The first-order valence-electron chi connectivity index (χ1n) is 8.11. The molecular formula is C19H19N3O3. The summed E-state index contributed by atoms with van der Waals surface area (Å²) in [6, 6.07) is 11.3. The van der Waals surface area contributed by atoms with Crippen LogP contribution in [0.15, 0.2) is 48.8 Å². The lowest BCUT2D eigenvalue weighted by Crippen LogP contribution is -2.10. The van der Waals surface area contributed by atoms with Gasteiger partial charge in [-0.2, -0.15) is 0 Å². The van der Waals surface area contributed by atoms with E-state index < -0.39 is 5.97 Å². The Morgan fingerprint density at radius 3 is 2.88 bits per heavy atom. The normalized spacial score (nSPS) is 10.6. The van der Waals surface area contributed by atoms with Gasteiger partial charge >= 0.3 is 5.97 Å². The van der Waals surface area contributed by atoms with E-state index in [4.69, 9.17) is 4.74 Å². The van der Waals surface area contributed by atoms with Crippen LogP contribution in [0.4, 0.5) is 5.82 Å². The second-order valence-electron chi connectivity index (χ2n) is 5.50. The van der Waals surface area contributed by atoms with Gasteiger partial charge in [0.05, 0.1) is 12.1 Å². The van der Waals surface area contributed by atoms with Crippen molar-refractivity contribution in [2.24, 2.45) is 0 Å². The molecule has 0 aliphatic heterocycles. The third kappa shape index (κ3) is 3.85. The summed E-state index contributed by atoms with van der Waals surface area (Å²) in [6.07, 6.45) is 3.96. The van der Waals surface area contributed by atoms with Crippen LogP contribution in [0.1, 0.15) is 22.8 Å². The quantitative estimate of drug-likeness (QED) is 0.687. The van der Waals surface area contributed by atoms with Crippen molar-refractivity contribution in [3.63, 3.8) is 0 Å². The third-order valence-corrected chi connectivity index (χ3v) is 3.78. The highest BCUT2D eigenvalue weighted by Gasteiger charge is 2.12. The molecular weight excluding hydrogens is 318 g/mol. The molecule has 0 saturated carbocycles. The van der Waals surface area contributed by atoms with E-state index >= 15 is 0 Å². The van der Waals surface area contributed by atoms with Crippen LogP contribution in [0.5, 0.6) is 5.75 Å². The number of benzene rings is 1. The monoisotopic (exact) mass is 337 g/mol. The highest BCUT2D eigenvalue weighted by molar-refractivity contribution is 5.93. The summed E-state index contributed by atoms with van der Waals surface area (Å²) in [6.45, 7) is 2.94. The smallest absolute Gasteiger partial charge is 0.339 e. The van der Waals surface area contributed by atoms with Crippen molar-refractivity contribution in [3.8, 4) is 5.75 Å². The van der Waals surface area contributed by atoms with Crippen LogP contribution >= 0.6 is 0 Å². The van der Waals surface area contributed by atoms with E-state index in [9.17, 15) is 9.90 Å². The molecule has 0 spiro atoms. The molecule has 2 N–H and O–H groups in total. The van der Waals surface area contributed by atoms with Crippen LogP contribution in [-0.2, 0) is 6.42 Å². The number of para-hydroxylation sites is 1. The Balaban J connectivity index is 1.71. The fourth-order valence-corrected chi connectivity index (χ4v) is 2.59. The molecule has 0 bridgehead atoms. The van der Waals surface area contributed by atoms with Gasteiger partial charge < -0.3 is 15.2 Å². The minimum atomic E-state index is -0.994. The first kappa shape index (κ1) is 16.7. The second kappa shape index (κ2) is 7.61. The van der Waals surface area contributed by atoms with Crippen LogP contribution in [-0.4, -0.2) is 34.2 Å². The van der Waals surface area contributed by atoms with E-state index in [2.05, 4.69) is 15.3 Å². The lowest BCUT2D eigenvalue weighted by molar-refractivity contribution is 0.0697. The number of carboxylic acids is 1. The number of rotatable bonds is 7. The van der Waals surface area contributed by atoms with E-state index in [1.165, 1.54) is 0 Å². The minimum absolute atomic E-state index is 0.175. The molecule has 6 nitrogen and oxygen atoms in total. The van der Waals surface area contributed by atoms with Gasteiger partial charge in [0.25, 0.3) is 0 Å². The van der Waals surface area contributed by atoms with E-state index in [0.717, 1.165) is 22.2 Å². The minimum Gasteiger partial charge on any atom is -0.492 e. The number of nitrogens with one attached hydrogen (secondary N) is 1. The van der Waals surface area contributed by atoms with Crippen LogP contribution in [0, 0.1) is 0 Å². The molecule has 2 heterocycles. The second-order valence-corrected chi connectivity index (χ2v) is 5.50. The molecule has 1 aromatic carbocycles. The zero-order valence-corrected chi connectivity index (χ0v) is 13.9.